The zero-order chi connectivity index (χ0) is 30.1. The van der Waals surface area contributed by atoms with E-state index in [0.717, 1.165) is 23.9 Å². The van der Waals surface area contributed by atoms with Crippen molar-refractivity contribution in [1.29, 1.82) is 0 Å². The average Bonchev–Trinajstić information content (AvgIpc) is 2.97. The molecule has 0 atom stereocenters. The minimum absolute atomic E-state index is 0.0240. The Labute approximate surface area is 237 Å². The van der Waals surface area contributed by atoms with Gasteiger partial charge in [-0.3, -0.25) is 15.1 Å². The number of nitro groups is 1. The number of carboxylic acid groups (broad SMARTS) is 1. The molecule has 10 nitrogen and oxygen atoms in total. The van der Waals surface area contributed by atoms with Crippen molar-refractivity contribution in [2.24, 2.45) is 5.10 Å². The molecule has 0 fully saturated rings. The number of alkyl halides is 3. The van der Waals surface area contributed by atoms with E-state index in [9.17, 15) is 28.1 Å². The van der Waals surface area contributed by atoms with Crippen LogP contribution in [0.2, 0.25) is 0 Å². The molecular weight excluding hydrogens is 557 g/mol. The van der Waals surface area contributed by atoms with E-state index >= 15 is 0 Å². The van der Waals surface area contributed by atoms with E-state index in [2.05, 4.69) is 10.1 Å². The number of nitrogens with one attached hydrogen (secondary N) is 1. The first-order valence-electron chi connectivity index (χ1n) is 12.3. The fourth-order valence-corrected chi connectivity index (χ4v) is 3.95. The van der Waals surface area contributed by atoms with E-state index in [1.165, 1.54) is 12.1 Å². The highest BCUT2D eigenvalue weighted by atomic mass is 19.4. The van der Waals surface area contributed by atoms with Crippen molar-refractivity contribution in [3.8, 4) is 11.5 Å². The third-order valence-electron chi connectivity index (χ3n) is 5.83. The average molecular weight is 581 g/mol. The highest BCUT2D eigenvalue weighted by Gasteiger charge is 2.35. The molecule has 0 unspecified atom stereocenters. The Kier molecular flexibility index (Phi) is 9.32. The second-order valence-electron chi connectivity index (χ2n) is 8.79. The molecule has 1 heterocycles. The Bertz CT molecular complexity index is 1580. The Morgan fingerprint density at radius 3 is 2.14 bits per heavy atom. The predicted molar refractivity (Wildman–Crippen MR) is 145 cm³/mol. The highest BCUT2D eigenvalue weighted by Crippen LogP contribution is 2.40. The summed E-state index contributed by atoms with van der Waals surface area (Å²) in [5.41, 5.74) is 0.811. The van der Waals surface area contributed by atoms with Gasteiger partial charge in [0.25, 0.3) is 0 Å². The lowest BCUT2D eigenvalue weighted by Crippen LogP contribution is -2.20. The molecule has 0 spiro atoms. The second kappa shape index (κ2) is 13.3. The first kappa shape index (κ1) is 29.5. The molecule has 0 radical (unpaired) electrons. The third-order valence-corrected chi connectivity index (χ3v) is 5.83. The topological polar surface area (TPSA) is 136 Å². The number of benzene rings is 3. The summed E-state index contributed by atoms with van der Waals surface area (Å²) in [7, 11) is 0. The van der Waals surface area contributed by atoms with Crippen LogP contribution in [-0.2, 0) is 25.8 Å². The van der Waals surface area contributed by atoms with Crippen LogP contribution in [0, 0.1) is 10.1 Å². The minimum atomic E-state index is -4.81. The van der Waals surface area contributed by atoms with Gasteiger partial charge < -0.3 is 14.6 Å². The van der Waals surface area contributed by atoms with Crippen molar-refractivity contribution in [2.75, 3.05) is 0 Å². The lowest BCUT2D eigenvalue weighted by molar-refractivity contribution is -0.386. The normalized spacial score (nSPS) is 11.5. The number of aromatic nitrogens is 1. The van der Waals surface area contributed by atoms with Crippen LogP contribution in [0.15, 0.2) is 96.2 Å². The first-order chi connectivity index (χ1) is 20.1. The zero-order valence-corrected chi connectivity index (χ0v) is 21.7. The smallest absolute Gasteiger partial charge is 0.433 e. The molecule has 0 saturated heterocycles. The van der Waals surface area contributed by atoms with E-state index < -0.39 is 35.0 Å². The van der Waals surface area contributed by atoms with Crippen LogP contribution in [0.3, 0.4) is 0 Å². The summed E-state index contributed by atoms with van der Waals surface area (Å²) in [6, 6.07) is 22.6. The van der Waals surface area contributed by atoms with Gasteiger partial charge in [-0.25, -0.2) is 10.2 Å². The van der Waals surface area contributed by atoms with Gasteiger partial charge in [-0.15, -0.1) is 0 Å². The largest absolute Gasteiger partial charge is 0.485 e. The maximum Gasteiger partial charge on any atom is 0.433 e. The molecule has 0 saturated carbocycles. The Morgan fingerprint density at radius 2 is 1.57 bits per heavy atom. The molecule has 0 aliphatic rings. The third kappa shape index (κ3) is 7.81. The molecule has 3 aromatic carbocycles. The van der Waals surface area contributed by atoms with Gasteiger partial charge in [0.2, 0.25) is 5.75 Å². The van der Waals surface area contributed by atoms with Gasteiger partial charge >= 0.3 is 18.0 Å². The van der Waals surface area contributed by atoms with Crippen LogP contribution in [0.1, 0.15) is 27.9 Å². The summed E-state index contributed by atoms with van der Waals surface area (Å²) in [6.45, 7) is -0.0707. The second-order valence-corrected chi connectivity index (χ2v) is 8.79. The van der Waals surface area contributed by atoms with Crippen molar-refractivity contribution in [3.05, 3.63) is 129 Å². The standard InChI is InChI=1S/C29H23F3N4O6/c30-29(31,32)27-21(12-7-13-33-27)14-23(34-35-28(37)38)22-15-24(36(39)40)26(42-18-20-10-5-2-6-11-20)25(16-22)41-17-19-8-3-1-4-9-19/h1-13,15-16,35H,14,17-18H2,(H,37,38)/b34-23-. The summed E-state index contributed by atoms with van der Waals surface area (Å²) >= 11 is 0. The summed E-state index contributed by atoms with van der Waals surface area (Å²) in [4.78, 5) is 26.1. The van der Waals surface area contributed by atoms with Crippen LogP contribution < -0.4 is 14.9 Å². The van der Waals surface area contributed by atoms with Crippen molar-refractivity contribution in [3.63, 3.8) is 0 Å². The van der Waals surface area contributed by atoms with Gasteiger partial charge in [-0.05, 0) is 28.8 Å². The van der Waals surface area contributed by atoms with Crippen molar-refractivity contribution < 1.29 is 37.5 Å². The first-order valence-corrected chi connectivity index (χ1v) is 12.3. The number of hydrazone groups is 1. The van der Waals surface area contributed by atoms with Crippen molar-refractivity contribution in [2.45, 2.75) is 25.8 Å². The summed E-state index contributed by atoms with van der Waals surface area (Å²) < 4.78 is 52.7. The maximum absolute atomic E-state index is 13.7. The van der Waals surface area contributed by atoms with Crippen LogP contribution >= 0.6 is 0 Å². The Balaban J connectivity index is 1.81. The molecule has 216 valence electrons. The number of ether oxygens (including phenoxy) is 2. The molecule has 0 aliphatic carbocycles. The number of amides is 1. The lowest BCUT2D eigenvalue weighted by Gasteiger charge is -2.17. The summed E-state index contributed by atoms with van der Waals surface area (Å²) in [5, 5.41) is 25.1. The van der Waals surface area contributed by atoms with E-state index in [1.807, 2.05) is 0 Å². The van der Waals surface area contributed by atoms with Gasteiger partial charge in [-0.2, -0.15) is 18.3 Å². The number of nitro benzene ring substituents is 1. The van der Waals surface area contributed by atoms with E-state index in [1.54, 1.807) is 66.1 Å². The quantitative estimate of drug-likeness (QED) is 0.119. The number of nitrogens with zero attached hydrogens (tertiary/aromatic N) is 3. The monoisotopic (exact) mass is 580 g/mol. The molecule has 2 N–H and O–H groups in total. The van der Waals surface area contributed by atoms with Gasteiger partial charge in [0, 0.05) is 24.2 Å². The maximum atomic E-state index is 13.7. The van der Waals surface area contributed by atoms with Gasteiger partial charge in [0.1, 0.15) is 18.9 Å². The molecule has 1 amide bonds. The molecule has 4 aromatic rings. The number of rotatable bonds is 11. The van der Waals surface area contributed by atoms with E-state index in [0.29, 0.717) is 5.56 Å². The summed E-state index contributed by atoms with van der Waals surface area (Å²) in [5.74, 6) is -0.310. The molecule has 4 rings (SSSR count). The molecule has 1 aromatic heterocycles. The number of carbonyl (C=O) groups is 1. The van der Waals surface area contributed by atoms with Gasteiger partial charge in [0.15, 0.2) is 5.75 Å². The molecule has 42 heavy (non-hydrogen) atoms. The van der Waals surface area contributed by atoms with E-state index in [-0.39, 0.29) is 41.6 Å². The molecular formula is C29H23F3N4O6. The van der Waals surface area contributed by atoms with Crippen LogP contribution in [0.25, 0.3) is 0 Å². The highest BCUT2D eigenvalue weighted by molar-refractivity contribution is 6.03. The minimum Gasteiger partial charge on any atom is -0.485 e. The number of pyridine rings is 1. The molecule has 0 aliphatic heterocycles. The van der Waals surface area contributed by atoms with E-state index in [4.69, 9.17) is 14.6 Å². The van der Waals surface area contributed by atoms with Crippen molar-refractivity contribution in [1.82, 2.24) is 10.4 Å². The van der Waals surface area contributed by atoms with Gasteiger partial charge in [-0.1, -0.05) is 66.7 Å². The number of hydrogen-bond acceptors (Lipinski definition) is 7. The summed E-state index contributed by atoms with van der Waals surface area (Å²) in [6.07, 6.45) is -6.00. The molecule has 13 heteroatoms. The lowest BCUT2D eigenvalue weighted by atomic mass is 9.99. The SMILES string of the molecule is O=C(O)N/N=C(/Cc1cccnc1C(F)(F)F)c1cc(OCc2ccccc2)c(OCc2ccccc2)c([N+](=O)[O-])c1. The van der Waals surface area contributed by atoms with Crippen LogP contribution in [-0.4, -0.2) is 26.8 Å². The number of halogens is 3. The zero-order valence-electron chi connectivity index (χ0n) is 21.7. The Morgan fingerprint density at radius 1 is 0.952 bits per heavy atom. The fraction of sp³-hybridized carbons (Fsp3) is 0.138. The van der Waals surface area contributed by atoms with Crippen LogP contribution in [0.5, 0.6) is 11.5 Å². The van der Waals surface area contributed by atoms with Gasteiger partial charge in [0.05, 0.1) is 10.6 Å². The van der Waals surface area contributed by atoms with Crippen LogP contribution in [0.4, 0.5) is 23.7 Å². The fourth-order valence-electron chi connectivity index (χ4n) is 3.95. The van der Waals surface area contributed by atoms with Crippen molar-refractivity contribution >= 4 is 17.5 Å². The molecule has 0 bridgehead atoms. The Hall–Kier alpha value is -5.46. The predicted octanol–water partition coefficient (Wildman–Crippen LogP) is 6.38. The number of hydrogen-bond donors (Lipinski definition) is 2.